The molecule has 1 nitrogen and oxygen atoms in total. The molecule has 0 bridgehead atoms. The van der Waals surface area contributed by atoms with Crippen molar-refractivity contribution in [1.82, 2.24) is 0 Å². The molecule has 0 N–H and O–H groups in total. The van der Waals surface area contributed by atoms with Crippen LogP contribution in [0.5, 0.6) is 0 Å². The highest BCUT2D eigenvalue weighted by Gasteiger charge is 2.11. The smallest absolute Gasteiger partial charge is 0.0988 e. The lowest BCUT2D eigenvalue weighted by Gasteiger charge is -2.17. The summed E-state index contributed by atoms with van der Waals surface area (Å²) in [5, 5.41) is 8.55. The van der Waals surface area contributed by atoms with Crippen LogP contribution in [0.2, 0.25) is 0 Å². The van der Waals surface area contributed by atoms with Gasteiger partial charge in [-0.25, -0.2) is 0 Å². The Morgan fingerprint density at radius 3 is 2.73 bits per heavy atom. The van der Waals surface area contributed by atoms with Gasteiger partial charge in [0.1, 0.15) is 0 Å². The molecule has 0 aromatic rings. The van der Waals surface area contributed by atoms with E-state index in [1.807, 2.05) is 12.2 Å². The van der Waals surface area contributed by atoms with Crippen LogP contribution in [0.4, 0.5) is 0 Å². The van der Waals surface area contributed by atoms with Crippen molar-refractivity contribution < 1.29 is 0 Å². The molecule has 0 heterocycles. The van der Waals surface area contributed by atoms with Crippen LogP contribution < -0.4 is 0 Å². The normalized spacial score (nSPS) is 23.1. The van der Waals surface area contributed by atoms with E-state index in [9.17, 15) is 0 Å². The average Bonchev–Trinajstić information content (AvgIpc) is 2.05. The summed E-state index contributed by atoms with van der Waals surface area (Å²) in [5.74, 6) is 1.31. The number of nitriles is 1. The largest absolute Gasteiger partial charge is 0.192 e. The summed E-state index contributed by atoms with van der Waals surface area (Å²) in [6.45, 7) is 4.42. The highest BCUT2D eigenvalue weighted by atomic mass is 14.2. The molecule has 11 heavy (non-hydrogen) atoms. The Morgan fingerprint density at radius 2 is 2.36 bits per heavy atom. The van der Waals surface area contributed by atoms with Crippen LogP contribution in [-0.4, -0.2) is 0 Å². The van der Waals surface area contributed by atoms with E-state index in [-0.39, 0.29) is 0 Å². The maximum atomic E-state index is 8.55. The van der Waals surface area contributed by atoms with Crippen LogP contribution in [0, 0.1) is 23.2 Å². The van der Waals surface area contributed by atoms with Crippen LogP contribution in [0.15, 0.2) is 23.8 Å². The first-order valence-electron chi connectivity index (χ1n) is 4.02. The van der Waals surface area contributed by atoms with Gasteiger partial charge >= 0.3 is 0 Å². The second-order valence-corrected chi connectivity index (χ2v) is 3.27. The van der Waals surface area contributed by atoms with E-state index in [4.69, 9.17) is 5.26 Å². The van der Waals surface area contributed by atoms with E-state index in [1.54, 1.807) is 0 Å². The molecule has 0 radical (unpaired) electrons. The molecule has 0 fully saturated rings. The molecular formula is C10H13N. The van der Waals surface area contributed by atoms with Gasteiger partial charge in [0.25, 0.3) is 0 Å². The zero-order valence-corrected chi connectivity index (χ0v) is 7.04. The van der Waals surface area contributed by atoms with Crippen LogP contribution in [-0.2, 0) is 0 Å². The molecule has 1 atom stereocenters. The lowest BCUT2D eigenvalue weighted by molar-refractivity contribution is 0.467. The average molecular weight is 147 g/mol. The molecule has 1 heteroatoms. The SMILES string of the molecule is CC(C)C1C=CC(C#N)=CC1. The molecule has 1 aliphatic rings. The first kappa shape index (κ1) is 8.07. The van der Waals surface area contributed by atoms with Crippen molar-refractivity contribution in [2.75, 3.05) is 0 Å². The first-order chi connectivity index (χ1) is 5.24. The Hall–Kier alpha value is -1.03. The van der Waals surface area contributed by atoms with Crippen LogP contribution in [0.3, 0.4) is 0 Å². The van der Waals surface area contributed by atoms with Gasteiger partial charge < -0.3 is 0 Å². The highest BCUT2D eigenvalue weighted by Crippen LogP contribution is 2.22. The Labute approximate surface area is 68.0 Å². The Bertz CT molecular complexity index is 228. The minimum atomic E-state index is 0.632. The summed E-state index contributed by atoms with van der Waals surface area (Å²) in [7, 11) is 0. The summed E-state index contributed by atoms with van der Waals surface area (Å²) >= 11 is 0. The molecule has 58 valence electrons. The molecule has 1 unspecified atom stereocenters. The van der Waals surface area contributed by atoms with Gasteiger partial charge in [-0.15, -0.1) is 0 Å². The van der Waals surface area contributed by atoms with Gasteiger partial charge in [-0.05, 0) is 24.3 Å². The number of allylic oxidation sites excluding steroid dienone is 4. The molecule has 0 aromatic heterocycles. The minimum absolute atomic E-state index is 0.632. The van der Waals surface area contributed by atoms with Crippen molar-refractivity contribution in [3.63, 3.8) is 0 Å². The summed E-state index contributed by atoms with van der Waals surface area (Å²) < 4.78 is 0. The van der Waals surface area contributed by atoms with Crippen molar-refractivity contribution >= 4 is 0 Å². The summed E-state index contributed by atoms with van der Waals surface area (Å²) in [4.78, 5) is 0. The van der Waals surface area contributed by atoms with E-state index >= 15 is 0 Å². The monoisotopic (exact) mass is 147 g/mol. The van der Waals surface area contributed by atoms with E-state index in [2.05, 4.69) is 26.0 Å². The van der Waals surface area contributed by atoms with Crippen LogP contribution >= 0.6 is 0 Å². The van der Waals surface area contributed by atoms with Crippen LogP contribution in [0.25, 0.3) is 0 Å². The molecule has 0 amide bonds. The highest BCUT2D eigenvalue weighted by molar-refractivity contribution is 5.35. The van der Waals surface area contributed by atoms with E-state index in [0.29, 0.717) is 11.8 Å². The fourth-order valence-electron chi connectivity index (χ4n) is 1.21. The van der Waals surface area contributed by atoms with Gasteiger partial charge in [-0.3, -0.25) is 0 Å². The van der Waals surface area contributed by atoms with Gasteiger partial charge in [0.2, 0.25) is 0 Å². The third kappa shape index (κ3) is 1.94. The third-order valence-corrected chi connectivity index (χ3v) is 2.12. The van der Waals surface area contributed by atoms with E-state index in [1.165, 1.54) is 0 Å². The minimum Gasteiger partial charge on any atom is -0.192 e. The molecule has 0 aliphatic heterocycles. The summed E-state index contributed by atoms with van der Waals surface area (Å²) in [6, 6.07) is 2.14. The van der Waals surface area contributed by atoms with Gasteiger partial charge in [0.05, 0.1) is 6.07 Å². The maximum absolute atomic E-state index is 8.55. The van der Waals surface area contributed by atoms with Gasteiger partial charge in [0.15, 0.2) is 0 Å². The Kier molecular flexibility index (Phi) is 2.48. The van der Waals surface area contributed by atoms with Crippen LogP contribution in [0.1, 0.15) is 20.3 Å². The fraction of sp³-hybridized carbons (Fsp3) is 0.500. The number of hydrogen-bond donors (Lipinski definition) is 0. The standard InChI is InChI=1S/C10H13N/c1-8(2)10-5-3-9(7-11)4-6-10/h3-5,8,10H,6H2,1-2H3. The molecule has 0 saturated heterocycles. The van der Waals surface area contributed by atoms with Gasteiger partial charge in [-0.1, -0.05) is 26.0 Å². The quantitative estimate of drug-likeness (QED) is 0.559. The van der Waals surface area contributed by atoms with Crippen molar-refractivity contribution in [3.05, 3.63) is 23.8 Å². The van der Waals surface area contributed by atoms with Gasteiger partial charge in [0, 0.05) is 5.57 Å². The molecule has 0 aromatic carbocycles. The molecule has 1 rings (SSSR count). The third-order valence-electron chi connectivity index (χ3n) is 2.12. The zero-order valence-electron chi connectivity index (χ0n) is 7.04. The fourth-order valence-corrected chi connectivity index (χ4v) is 1.21. The Morgan fingerprint density at radius 1 is 1.64 bits per heavy atom. The number of nitrogens with zero attached hydrogens (tertiary/aromatic N) is 1. The van der Waals surface area contributed by atoms with E-state index in [0.717, 1.165) is 12.0 Å². The van der Waals surface area contributed by atoms with Crippen molar-refractivity contribution in [1.29, 1.82) is 5.26 Å². The number of rotatable bonds is 1. The van der Waals surface area contributed by atoms with Crippen molar-refractivity contribution in [2.24, 2.45) is 11.8 Å². The lowest BCUT2D eigenvalue weighted by Crippen LogP contribution is -2.06. The predicted molar refractivity (Wildman–Crippen MR) is 45.8 cm³/mol. The zero-order chi connectivity index (χ0) is 8.27. The topological polar surface area (TPSA) is 23.8 Å². The van der Waals surface area contributed by atoms with Crippen molar-refractivity contribution in [3.8, 4) is 6.07 Å². The summed E-state index contributed by atoms with van der Waals surface area (Å²) in [5.41, 5.74) is 0.807. The molecule has 0 spiro atoms. The molecule has 0 saturated carbocycles. The second-order valence-electron chi connectivity index (χ2n) is 3.27. The number of hydrogen-bond acceptors (Lipinski definition) is 1. The van der Waals surface area contributed by atoms with E-state index < -0.39 is 0 Å². The molecular weight excluding hydrogens is 134 g/mol. The van der Waals surface area contributed by atoms with Gasteiger partial charge in [-0.2, -0.15) is 5.26 Å². The summed E-state index contributed by atoms with van der Waals surface area (Å²) in [6.07, 6.45) is 7.11. The first-order valence-corrected chi connectivity index (χ1v) is 4.02. The Balaban J connectivity index is 2.59. The maximum Gasteiger partial charge on any atom is 0.0988 e. The molecule has 1 aliphatic carbocycles. The van der Waals surface area contributed by atoms with Crippen molar-refractivity contribution in [2.45, 2.75) is 20.3 Å². The lowest BCUT2D eigenvalue weighted by atomic mass is 9.88. The second kappa shape index (κ2) is 3.39. The predicted octanol–water partition coefficient (Wildman–Crippen LogP) is 2.67.